The van der Waals surface area contributed by atoms with Crippen LogP contribution in [0.4, 0.5) is 0 Å². The Balaban J connectivity index is 2.00. The summed E-state index contributed by atoms with van der Waals surface area (Å²) in [5.74, 6) is 0.724. The Kier molecular flexibility index (Phi) is 6.10. The van der Waals surface area contributed by atoms with Crippen molar-refractivity contribution in [1.82, 2.24) is 20.2 Å². The molecule has 0 unspecified atom stereocenters. The third-order valence-electron chi connectivity index (χ3n) is 3.12. The molecule has 0 aliphatic heterocycles. The van der Waals surface area contributed by atoms with E-state index in [1.165, 1.54) is 0 Å². The van der Waals surface area contributed by atoms with E-state index in [0.717, 1.165) is 23.9 Å². The molecule has 22 heavy (non-hydrogen) atoms. The van der Waals surface area contributed by atoms with Crippen molar-refractivity contribution < 1.29 is 0 Å². The van der Waals surface area contributed by atoms with E-state index in [-0.39, 0.29) is 0 Å². The van der Waals surface area contributed by atoms with E-state index in [4.69, 9.17) is 23.2 Å². The Bertz CT molecular complexity index is 637. The molecule has 2 rings (SSSR count). The first-order valence-corrected chi connectivity index (χ1v) is 7.79. The van der Waals surface area contributed by atoms with Gasteiger partial charge in [0.25, 0.3) is 0 Å². The molecule has 0 saturated carbocycles. The highest BCUT2D eigenvalue weighted by Crippen LogP contribution is 2.24. The number of aromatic nitrogens is 2. The zero-order valence-electron chi connectivity index (χ0n) is 12.6. The Morgan fingerprint density at radius 1 is 1.32 bits per heavy atom. The van der Waals surface area contributed by atoms with Gasteiger partial charge in [-0.2, -0.15) is 0 Å². The molecule has 0 saturated heterocycles. The molecule has 2 aromatic rings. The van der Waals surface area contributed by atoms with Gasteiger partial charge in [0.2, 0.25) is 0 Å². The van der Waals surface area contributed by atoms with Crippen molar-refractivity contribution >= 4 is 29.2 Å². The summed E-state index contributed by atoms with van der Waals surface area (Å²) in [7, 11) is 1.88. The third kappa shape index (κ3) is 4.39. The van der Waals surface area contributed by atoms with E-state index in [2.05, 4.69) is 20.6 Å². The fourth-order valence-electron chi connectivity index (χ4n) is 1.93. The van der Waals surface area contributed by atoms with E-state index in [0.29, 0.717) is 23.3 Å². The van der Waals surface area contributed by atoms with Crippen molar-refractivity contribution in [1.29, 1.82) is 0 Å². The summed E-state index contributed by atoms with van der Waals surface area (Å²) in [4.78, 5) is 8.77. The van der Waals surface area contributed by atoms with Crippen LogP contribution in [0.5, 0.6) is 0 Å². The van der Waals surface area contributed by atoms with E-state index in [1.54, 1.807) is 6.20 Å². The Hall–Kier alpha value is -1.72. The summed E-state index contributed by atoms with van der Waals surface area (Å²) in [5, 5.41) is 7.55. The molecule has 0 fully saturated rings. The average molecular weight is 340 g/mol. The Morgan fingerprint density at radius 2 is 2.14 bits per heavy atom. The van der Waals surface area contributed by atoms with Gasteiger partial charge in [-0.3, -0.25) is 4.98 Å². The van der Waals surface area contributed by atoms with Gasteiger partial charge >= 0.3 is 0 Å². The van der Waals surface area contributed by atoms with Gasteiger partial charge < -0.3 is 15.2 Å². The first-order valence-electron chi connectivity index (χ1n) is 7.03. The van der Waals surface area contributed by atoms with Crippen LogP contribution in [-0.2, 0) is 20.1 Å². The molecule has 118 valence electrons. The fourth-order valence-corrected chi connectivity index (χ4v) is 2.34. The van der Waals surface area contributed by atoms with Crippen LogP contribution in [0.3, 0.4) is 0 Å². The first kappa shape index (κ1) is 16.6. The van der Waals surface area contributed by atoms with Crippen molar-refractivity contribution in [2.45, 2.75) is 20.0 Å². The topological polar surface area (TPSA) is 54.2 Å². The Labute approximate surface area is 140 Å². The predicted octanol–water partition coefficient (Wildman–Crippen LogP) is 2.98. The summed E-state index contributed by atoms with van der Waals surface area (Å²) >= 11 is 12.1. The van der Waals surface area contributed by atoms with Gasteiger partial charge in [-0.25, -0.2) is 4.99 Å². The van der Waals surface area contributed by atoms with E-state index < -0.39 is 0 Å². The minimum Gasteiger partial charge on any atom is -0.357 e. The maximum atomic E-state index is 6.07. The van der Waals surface area contributed by atoms with Gasteiger partial charge in [0.1, 0.15) is 5.15 Å². The third-order valence-corrected chi connectivity index (χ3v) is 3.96. The molecule has 0 aliphatic carbocycles. The SMILES string of the molecule is CCNC(=NCc1ccccn1)NCc1cc(Cl)c(Cl)n1C. The zero-order chi connectivity index (χ0) is 15.9. The lowest BCUT2D eigenvalue weighted by Gasteiger charge is -2.12. The zero-order valence-corrected chi connectivity index (χ0v) is 14.1. The second kappa shape index (κ2) is 8.06. The van der Waals surface area contributed by atoms with E-state index in [1.807, 2.05) is 42.8 Å². The fraction of sp³-hybridized carbons (Fsp3) is 0.333. The summed E-state index contributed by atoms with van der Waals surface area (Å²) in [6.45, 7) is 3.90. The number of rotatable bonds is 5. The van der Waals surface area contributed by atoms with Crippen LogP contribution in [0.15, 0.2) is 35.5 Å². The molecule has 0 amide bonds. The Morgan fingerprint density at radius 3 is 2.73 bits per heavy atom. The minimum absolute atomic E-state index is 0.519. The number of halogens is 2. The van der Waals surface area contributed by atoms with Crippen molar-refractivity contribution in [3.05, 3.63) is 52.0 Å². The smallest absolute Gasteiger partial charge is 0.191 e. The molecule has 5 nitrogen and oxygen atoms in total. The lowest BCUT2D eigenvalue weighted by molar-refractivity contribution is 0.751. The lowest BCUT2D eigenvalue weighted by atomic mass is 10.3. The normalized spacial score (nSPS) is 11.5. The van der Waals surface area contributed by atoms with Gasteiger partial charge in [-0.15, -0.1) is 0 Å². The summed E-state index contributed by atoms with van der Waals surface area (Å²) in [5.41, 5.74) is 1.91. The van der Waals surface area contributed by atoms with Gasteiger partial charge in [0.15, 0.2) is 5.96 Å². The highest BCUT2D eigenvalue weighted by atomic mass is 35.5. The largest absolute Gasteiger partial charge is 0.357 e. The van der Waals surface area contributed by atoms with Crippen molar-refractivity contribution in [3.63, 3.8) is 0 Å². The highest BCUT2D eigenvalue weighted by molar-refractivity contribution is 6.41. The maximum Gasteiger partial charge on any atom is 0.191 e. The maximum absolute atomic E-state index is 6.07. The number of nitrogens with zero attached hydrogens (tertiary/aromatic N) is 3. The number of hydrogen-bond acceptors (Lipinski definition) is 2. The molecule has 0 bridgehead atoms. The van der Waals surface area contributed by atoms with Crippen molar-refractivity contribution in [3.8, 4) is 0 Å². The van der Waals surface area contributed by atoms with Crippen LogP contribution in [0.2, 0.25) is 10.2 Å². The summed E-state index contributed by atoms with van der Waals surface area (Å²) < 4.78 is 1.85. The monoisotopic (exact) mass is 339 g/mol. The predicted molar refractivity (Wildman–Crippen MR) is 91.3 cm³/mol. The highest BCUT2D eigenvalue weighted by Gasteiger charge is 2.09. The van der Waals surface area contributed by atoms with Crippen molar-refractivity contribution in [2.75, 3.05) is 6.54 Å². The molecule has 0 aliphatic rings. The van der Waals surface area contributed by atoms with E-state index >= 15 is 0 Å². The molecule has 0 aromatic carbocycles. The molecule has 2 N–H and O–H groups in total. The van der Waals surface area contributed by atoms with Crippen LogP contribution < -0.4 is 10.6 Å². The molecular weight excluding hydrogens is 321 g/mol. The molecular formula is C15H19Cl2N5. The number of hydrogen-bond donors (Lipinski definition) is 2. The number of guanidine groups is 1. The quantitative estimate of drug-likeness (QED) is 0.650. The number of aliphatic imine (C=N–C) groups is 1. The van der Waals surface area contributed by atoms with Gasteiger partial charge in [-0.1, -0.05) is 29.3 Å². The van der Waals surface area contributed by atoms with Crippen molar-refractivity contribution in [2.24, 2.45) is 12.0 Å². The van der Waals surface area contributed by atoms with Crippen LogP contribution in [0.25, 0.3) is 0 Å². The average Bonchev–Trinajstić information content (AvgIpc) is 2.78. The number of pyridine rings is 1. The van der Waals surface area contributed by atoms with Crippen LogP contribution >= 0.6 is 23.2 Å². The number of nitrogens with one attached hydrogen (secondary N) is 2. The molecule has 0 atom stereocenters. The van der Waals surface area contributed by atoms with Crippen LogP contribution in [0.1, 0.15) is 18.3 Å². The first-order chi connectivity index (χ1) is 10.6. The lowest BCUT2D eigenvalue weighted by Crippen LogP contribution is -2.37. The second-order valence-electron chi connectivity index (χ2n) is 4.70. The molecule has 7 heteroatoms. The van der Waals surface area contributed by atoms with Gasteiger partial charge in [0, 0.05) is 25.5 Å². The molecule has 0 radical (unpaired) electrons. The molecule has 2 aromatic heterocycles. The van der Waals surface area contributed by atoms with Crippen LogP contribution in [-0.4, -0.2) is 22.1 Å². The summed E-state index contributed by atoms with van der Waals surface area (Å²) in [6.07, 6.45) is 1.76. The second-order valence-corrected chi connectivity index (χ2v) is 5.47. The molecule has 0 spiro atoms. The minimum atomic E-state index is 0.519. The standard InChI is InChI=1S/C15H19Cl2N5/c1-3-18-15(20-9-11-6-4-5-7-19-11)21-10-12-8-13(16)14(17)22(12)2/h4-8H,3,9-10H2,1-2H3,(H2,18,20,21). The van der Waals surface area contributed by atoms with Crippen LogP contribution in [0, 0.1) is 0 Å². The van der Waals surface area contributed by atoms with Gasteiger partial charge in [0.05, 0.1) is 23.8 Å². The van der Waals surface area contributed by atoms with E-state index in [9.17, 15) is 0 Å². The molecule has 2 heterocycles. The summed E-state index contributed by atoms with van der Waals surface area (Å²) in [6, 6.07) is 7.63. The van der Waals surface area contributed by atoms with Gasteiger partial charge in [-0.05, 0) is 25.1 Å².